The number of alkyl halides is 3. The smallest absolute Gasteiger partial charge is 0.486 e. The lowest BCUT2D eigenvalue weighted by Crippen LogP contribution is -2.34. The molecule has 0 amide bonds. The zero-order valence-electron chi connectivity index (χ0n) is 16.3. The van der Waals surface area contributed by atoms with Crippen molar-refractivity contribution in [1.82, 2.24) is 30.2 Å². The Labute approximate surface area is 172 Å². The summed E-state index contributed by atoms with van der Waals surface area (Å²) >= 11 is 0. The van der Waals surface area contributed by atoms with Crippen LogP contribution in [-0.4, -0.2) is 56.2 Å². The molecule has 31 heavy (non-hydrogen) atoms. The van der Waals surface area contributed by atoms with Gasteiger partial charge in [0.1, 0.15) is 17.1 Å². The minimum Gasteiger partial charge on any atom is -0.486 e. The normalized spacial score (nSPS) is 15.2. The highest BCUT2D eigenvalue weighted by atomic mass is 19.4. The summed E-state index contributed by atoms with van der Waals surface area (Å²) in [4.78, 5) is 23.6. The van der Waals surface area contributed by atoms with Crippen molar-refractivity contribution < 1.29 is 32.2 Å². The molecule has 0 aliphatic carbocycles. The Bertz CT molecular complexity index is 1080. The molecule has 1 aliphatic heterocycles. The van der Waals surface area contributed by atoms with E-state index in [1.807, 2.05) is 12.4 Å². The summed E-state index contributed by atoms with van der Waals surface area (Å²) in [5, 5.41) is 10.4. The van der Waals surface area contributed by atoms with E-state index in [-0.39, 0.29) is 23.4 Å². The van der Waals surface area contributed by atoms with Gasteiger partial charge in [-0.3, -0.25) is 4.98 Å². The van der Waals surface area contributed by atoms with Crippen LogP contribution in [0.1, 0.15) is 19.8 Å². The van der Waals surface area contributed by atoms with E-state index in [9.17, 15) is 18.0 Å². The first-order valence-electron chi connectivity index (χ1n) is 9.47. The first kappa shape index (κ1) is 20.8. The molecule has 1 saturated heterocycles. The van der Waals surface area contributed by atoms with Gasteiger partial charge in [0.25, 0.3) is 0 Å². The molecule has 3 aromatic heterocycles. The summed E-state index contributed by atoms with van der Waals surface area (Å²) in [6.45, 7) is 3.97. The van der Waals surface area contributed by atoms with Crippen LogP contribution in [0.4, 0.5) is 19.0 Å². The van der Waals surface area contributed by atoms with Gasteiger partial charge in [0.2, 0.25) is 5.82 Å². The number of imidazole rings is 1. The van der Waals surface area contributed by atoms with Crippen LogP contribution in [0.15, 0.2) is 17.0 Å². The fraction of sp³-hybridized carbons (Fsp3) is 0.471. The van der Waals surface area contributed by atoms with E-state index in [1.54, 1.807) is 10.8 Å². The molecule has 0 spiro atoms. The van der Waals surface area contributed by atoms with Gasteiger partial charge in [-0.05, 0) is 43.2 Å². The van der Waals surface area contributed by atoms with Crippen molar-refractivity contribution in [2.75, 3.05) is 18.6 Å². The van der Waals surface area contributed by atoms with Crippen LogP contribution in [0, 0.1) is 0 Å². The van der Waals surface area contributed by atoms with Gasteiger partial charge in [0, 0.05) is 6.54 Å². The topological polar surface area (TPSA) is 129 Å². The van der Waals surface area contributed by atoms with Crippen LogP contribution in [0.5, 0.6) is 5.75 Å². The molecule has 3 aromatic rings. The van der Waals surface area contributed by atoms with Crippen molar-refractivity contribution >= 4 is 22.8 Å². The van der Waals surface area contributed by atoms with E-state index in [4.69, 9.17) is 4.74 Å². The Balaban J connectivity index is 1.67. The summed E-state index contributed by atoms with van der Waals surface area (Å²) in [6, 6.07) is 0. The van der Waals surface area contributed by atoms with Crippen LogP contribution in [0.3, 0.4) is 0 Å². The summed E-state index contributed by atoms with van der Waals surface area (Å²) in [5.41, 5.74) is 2.92. The maximum Gasteiger partial charge on any atom is 0.493 e. The van der Waals surface area contributed by atoms with Crippen molar-refractivity contribution in [2.45, 2.75) is 38.6 Å². The molecule has 0 bridgehead atoms. The number of carbonyl (C=O) groups is 1. The number of anilines is 1. The van der Waals surface area contributed by atoms with E-state index in [0.717, 1.165) is 25.9 Å². The highest BCUT2D eigenvalue weighted by Gasteiger charge is 2.42. The third-order valence-electron chi connectivity index (χ3n) is 4.68. The largest absolute Gasteiger partial charge is 0.493 e. The third kappa shape index (κ3) is 4.23. The quantitative estimate of drug-likeness (QED) is 0.548. The molecule has 0 unspecified atom stereocenters. The van der Waals surface area contributed by atoms with Crippen LogP contribution < -0.4 is 15.5 Å². The average Bonchev–Trinajstić information content (AvgIpc) is 3.36. The molecule has 0 aromatic carbocycles. The number of hydrogen-bond donors (Lipinski definition) is 2. The number of nitrogens with zero attached hydrogens (tertiary/aromatic N) is 5. The molecule has 11 nitrogen and oxygen atoms in total. The number of aryl methyl sites for hydroxylation is 1. The second kappa shape index (κ2) is 8.37. The van der Waals surface area contributed by atoms with Crippen molar-refractivity contribution in [1.29, 1.82) is 0 Å². The van der Waals surface area contributed by atoms with Crippen LogP contribution in [0.25, 0.3) is 22.6 Å². The number of rotatable bonds is 6. The number of halogens is 3. The second-order valence-corrected chi connectivity index (χ2v) is 6.70. The first-order valence-corrected chi connectivity index (χ1v) is 9.47. The number of aromatic nitrogens is 5. The molecule has 4 heterocycles. The summed E-state index contributed by atoms with van der Waals surface area (Å²) in [5.74, 6) is -2.02. The van der Waals surface area contributed by atoms with Gasteiger partial charge in [0.15, 0.2) is 17.3 Å². The predicted molar refractivity (Wildman–Crippen MR) is 98.8 cm³/mol. The van der Waals surface area contributed by atoms with Gasteiger partial charge in [-0.2, -0.15) is 18.7 Å². The number of nitrogens with one attached hydrogen (secondary N) is 2. The lowest BCUT2D eigenvalue weighted by atomic mass is 10.1. The maximum atomic E-state index is 12.4. The number of fused-ring (bicyclic) bond motifs is 1. The Kier molecular flexibility index (Phi) is 5.63. The Morgan fingerprint density at radius 1 is 1.32 bits per heavy atom. The Morgan fingerprint density at radius 2 is 2.10 bits per heavy atom. The van der Waals surface area contributed by atoms with Gasteiger partial charge in [-0.25, -0.2) is 14.4 Å². The van der Waals surface area contributed by atoms with E-state index >= 15 is 0 Å². The van der Waals surface area contributed by atoms with Gasteiger partial charge >= 0.3 is 12.1 Å². The van der Waals surface area contributed by atoms with E-state index in [0.29, 0.717) is 23.3 Å². The van der Waals surface area contributed by atoms with Crippen molar-refractivity contribution in [3.63, 3.8) is 0 Å². The van der Waals surface area contributed by atoms with E-state index in [1.165, 1.54) is 6.20 Å². The average molecular weight is 441 g/mol. The first-order chi connectivity index (χ1) is 14.9. The van der Waals surface area contributed by atoms with Crippen LogP contribution in [0.2, 0.25) is 0 Å². The van der Waals surface area contributed by atoms with Gasteiger partial charge in [-0.1, -0.05) is 0 Å². The minimum absolute atomic E-state index is 0.0185. The monoisotopic (exact) mass is 441 g/mol. The zero-order chi connectivity index (χ0) is 22.0. The number of piperidine rings is 1. The predicted octanol–water partition coefficient (Wildman–Crippen LogP) is 2.06. The molecule has 0 saturated carbocycles. The molecule has 1 aliphatic rings. The highest BCUT2D eigenvalue weighted by molar-refractivity contribution is 5.86. The van der Waals surface area contributed by atoms with Gasteiger partial charge in [-0.15, -0.1) is 0 Å². The lowest BCUT2D eigenvalue weighted by molar-refractivity contribution is -0.196. The molecular formula is C17H18F3N7O4. The van der Waals surface area contributed by atoms with Crippen molar-refractivity contribution in [2.24, 2.45) is 0 Å². The summed E-state index contributed by atoms with van der Waals surface area (Å²) in [6.07, 6.45) is -0.347. The van der Waals surface area contributed by atoms with Crippen LogP contribution in [-0.2, 0) is 16.2 Å². The molecule has 14 heteroatoms. The minimum atomic E-state index is -5.17. The molecule has 0 atom stereocenters. The second-order valence-electron chi connectivity index (χ2n) is 6.70. The fourth-order valence-corrected chi connectivity index (χ4v) is 3.28. The molecule has 2 N–H and O–H groups in total. The van der Waals surface area contributed by atoms with Gasteiger partial charge in [0.05, 0.1) is 12.4 Å². The Hall–Kier alpha value is -3.42. The number of hydrogen-bond acceptors (Lipinski definition) is 10. The molecule has 166 valence electrons. The van der Waals surface area contributed by atoms with Crippen molar-refractivity contribution in [3.05, 3.63) is 12.4 Å². The molecule has 1 fully saturated rings. The number of carbonyl (C=O) groups excluding carboxylic acids is 1. The fourth-order valence-electron chi connectivity index (χ4n) is 3.28. The summed E-state index contributed by atoms with van der Waals surface area (Å²) < 4.78 is 49.7. The SMILES string of the molecule is CCn1c(-c2nonc2NOC(=O)C(F)(F)F)nc2cncc(OC3CCNCC3)c21. The van der Waals surface area contributed by atoms with Crippen molar-refractivity contribution in [3.8, 4) is 17.3 Å². The lowest BCUT2D eigenvalue weighted by Gasteiger charge is -2.24. The van der Waals surface area contributed by atoms with Crippen LogP contribution >= 0.6 is 0 Å². The molecule has 4 rings (SSSR count). The highest BCUT2D eigenvalue weighted by Crippen LogP contribution is 2.33. The third-order valence-corrected chi connectivity index (χ3v) is 4.68. The Morgan fingerprint density at radius 3 is 2.81 bits per heavy atom. The standard InChI is InChI=1S/C17H18F3N7O4/c1-2-27-13-10(7-22-8-11(13)29-9-3-5-21-6-4-9)23-15(27)12-14(26-31-24-12)25-30-16(28)17(18,19)20/h7-9,21H,2-6H2,1H3,(H,25,26). The number of pyridine rings is 1. The number of ether oxygens (including phenoxy) is 1. The van der Waals surface area contributed by atoms with Gasteiger partial charge < -0.3 is 19.5 Å². The molecule has 0 radical (unpaired) electrons. The maximum absolute atomic E-state index is 12.4. The summed E-state index contributed by atoms with van der Waals surface area (Å²) in [7, 11) is 0. The van der Waals surface area contributed by atoms with E-state index in [2.05, 4.69) is 35.1 Å². The zero-order valence-corrected chi connectivity index (χ0v) is 16.3. The van der Waals surface area contributed by atoms with E-state index < -0.39 is 12.1 Å². The molecular weight excluding hydrogens is 423 g/mol.